The van der Waals surface area contributed by atoms with Crippen LogP contribution in [0.3, 0.4) is 0 Å². The van der Waals surface area contributed by atoms with Crippen LogP contribution in [0.25, 0.3) is 6.08 Å². The van der Waals surface area contributed by atoms with Gasteiger partial charge in [-0.15, -0.1) is 0 Å². The highest BCUT2D eigenvalue weighted by atomic mass is 35.5. The van der Waals surface area contributed by atoms with Crippen LogP contribution in [0.4, 0.5) is 0 Å². The molecule has 1 aromatic rings. The minimum absolute atomic E-state index is 0. The predicted octanol–water partition coefficient (Wildman–Crippen LogP) is 5.74. The molecule has 2 fully saturated rings. The van der Waals surface area contributed by atoms with E-state index in [0.29, 0.717) is 5.02 Å². The van der Waals surface area contributed by atoms with Crippen LogP contribution < -0.4 is 4.74 Å². The summed E-state index contributed by atoms with van der Waals surface area (Å²) in [4.78, 5) is 0. The number of methoxy groups -OCH3 is 2. The summed E-state index contributed by atoms with van der Waals surface area (Å²) < 4.78 is 11.3. The highest BCUT2D eigenvalue weighted by Gasteiger charge is 2.42. The van der Waals surface area contributed by atoms with Crippen LogP contribution in [0, 0.1) is 5.92 Å². The summed E-state index contributed by atoms with van der Waals surface area (Å²) in [5.41, 5.74) is 2.48. The monoisotopic (exact) mass is 322 g/mol. The molecule has 2 saturated carbocycles. The van der Waals surface area contributed by atoms with Gasteiger partial charge in [0.15, 0.2) is 0 Å². The van der Waals surface area contributed by atoms with Crippen LogP contribution in [0.2, 0.25) is 5.02 Å². The predicted molar refractivity (Wildman–Crippen MR) is 93.6 cm³/mol. The van der Waals surface area contributed by atoms with Crippen molar-refractivity contribution in [3.05, 3.63) is 34.4 Å². The average Bonchev–Trinajstić information content (AvgIpc) is 2.50. The van der Waals surface area contributed by atoms with E-state index in [1.807, 2.05) is 25.3 Å². The van der Waals surface area contributed by atoms with Crippen LogP contribution in [-0.4, -0.2) is 19.8 Å². The fraction of sp³-hybridized carbons (Fsp3) is 0.579. The van der Waals surface area contributed by atoms with Gasteiger partial charge in [0.1, 0.15) is 5.75 Å². The maximum absolute atomic E-state index is 6.18. The van der Waals surface area contributed by atoms with E-state index >= 15 is 0 Å². The number of halogens is 1. The fourth-order valence-corrected chi connectivity index (χ4v) is 4.21. The molecule has 0 heterocycles. The van der Waals surface area contributed by atoms with Gasteiger partial charge in [0.25, 0.3) is 0 Å². The van der Waals surface area contributed by atoms with Gasteiger partial charge in [-0.1, -0.05) is 31.5 Å². The minimum atomic E-state index is -0.0449. The second kappa shape index (κ2) is 7.06. The summed E-state index contributed by atoms with van der Waals surface area (Å²) in [6.07, 6.45) is 9.63. The lowest BCUT2D eigenvalue weighted by molar-refractivity contribution is -0.0405. The summed E-state index contributed by atoms with van der Waals surface area (Å²) in [5, 5.41) is 0.713. The maximum Gasteiger partial charge on any atom is 0.120 e. The lowest BCUT2D eigenvalue weighted by Gasteiger charge is -2.46. The quantitative estimate of drug-likeness (QED) is 0.706. The van der Waals surface area contributed by atoms with Crippen molar-refractivity contribution in [1.29, 1.82) is 0 Å². The molecular formula is C19H27ClO2. The fourth-order valence-electron chi connectivity index (χ4n) is 3.98. The molecule has 2 aliphatic carbocycles. The van der Waals surface area contributed by atoms with E-state index in [1.54, 1.807) is 7.11 Å². The number of hydrogen-bond acceptors (Lipinski definition) is 2. The molecule has 22 heavy (non-hydrogen) atoms. The first-order chi connectivity index (χ1) is 10.1. The minimum Gasteiger partial charge on any atom is -0.497 e. The molecule has 0 radical (unpaired) electrons. The van der Waals surface area contributed by atoms with Gasteiger partial charge < -0.3 is 9.47 Å². The van der Waals surface area contributed by atoms with Crippen molar-refractivity contribution in [2.24, 2.45) is 5.92 Å². The third-order valence-corrected chi connectivity index (χ3v) is 5.30. The van der Waals surface area contributed by atoms with Crippen LogP contribution in [-0.2, 0) is 4.74 Å². The zero-order chi connectivity index (χ0) is 14.9. The number of rotatable bonds is 3. The van der Waals surface area contributed by atoms with E-state index in [0.717, 1.165) is 30.1 Å². The second-order valence-electron chi connectivity index (χ2n) is 6.29. The Balaban J connectivity index is 0.00000176. The van der Waals surface area contributed by atoms with Crippen molar-refractivity contribution in [3.8, 4) is 5.75 Å². The summed E-state index contributed by atoms with van der Waals surface area (Å²) in [6.45, 7) is 0. The van der Waals surface area contributed by atoms with Crippen molar-refractivity contribution in [2.45, 2.75) is 51.6 Å². The number of benzene rings is 1. The van der Waals surface area contributed by atoms with Crippen molar-refractivity contribution >= 4 is 17.7 Å². The summed E-state index contributed by atoms with van der Waals surface area (Å²) in [6, 6.07) is 5.87. The summed E-state index contributed by atoms with van der Waals surface area (Å²) >= 11 is 6.18. The van der Waals surface area contributed by atoms with Gasteiger partial charge in [0, 0.05) is 12.1 Å². The zero-order valence-corrected chi connectivity index (χ0v) is 13.6. The van der Waals surface area contributed by atoms with Crippen molar-refractivity contribution in [3.63, 3.8) is 0 Å². The summed E-state index contributed by atoms with van der Waals surface area (Å²) in [5.74, 6) is 1.64. The van der Waals surface area contributed by atoms with E-state index < -0.39 is 0 Å². The van der Waals surface area contributed by atoms with E-state index in [4.69, 9.17) is 21.1 Å². The highest BCUT2D eigenvalue weighted by Crippen LogP contribution is 2.48. The van der Waals surface area contributed by atoms with Gasteiger partial charge in [-0.2, -0.15) is 0 Å². The Morgan fingerprint density at radius 2 is 2.05 bits per heavy atom. The molecule has 2 bridgehead atoms. The molecule has 0 aliphatic heterocycles. The molecule has 2 nitrogen and oxygen atoms in total. The Morgan fingerprint density at radius 1 is 1.23 bits per heavy atom. The van der Waals surface area contributed by atoms with Crippen LogP contribution in [0.15, 0.2) is 23.8 Å². The first kappa shape index (κ1) is 17.4. The van der Waals surface area contributed by atoms with Gasteiger partial charge in [-0.3, -0.25) is 0 Å². The maximum atomic E-state index is 6.18. The third-order valence-electron chi connectivity index (χ3n) is 5.08. The molecule has 0 amide bonds. The smallest absolute Gasteiger partial charge is 0.120 e. The molecule has 3 rings (SSSR count). The van der Waals surface area contributed by atoms with Crippen molar-refractivity contribution < 1.29 is 9.47 Å². The molecule has 0 spiro atoms. The first-order valence-corrected chi connectivity index (χ1v) is 8.14. The molecule has 2 unspecified atom stereocenters. The Morgan fingerprint density at radius 3 is 2.77 bits per heavy atom. The van der Waals surface area contributed by atoms with Gasteiger partial charge >= 0.3 is 0 Å². The molecular weight excluding hydrogens is 296 g/mol. The average molecular weight is 323 g/mol. The Kier molecular flexibility index (Phi) is 5.57. The Labute approximate surface area is 139 Å². The molecule has 3 heteroatoms. The molecule has 1 aromatic carbocycles. The van der Waals surface area contributed by atoms with Crippen molar-refractivity contribution in [1.82, 2.24) is 0 Å². The lowest BCUT2D eigenvalue weighted by atomic mass is 9.66. The van der Waals surface area contributed by atoms with Crippen LogP contribution in [0.1, 0.15) is 51.5 Å². The molecule has 122 valence electrons. The van der Waals surface area contributed by atoms with E-state index in [9.17, 15) is 0 Å². The lowest BCUT2D eigenvalue weighted by Crippen LogP contribution is -2.42. The standard InChI is InChI=1S/C18H23ClO2.CH4/c1-20-17-10-14(9-16(19)11-17)8-15-6-5-13-4-3-7-18(15,12-13)21-2;/h8-11,13H,3-7,12H2,1-2H3;1H4. The first-order valence-electron chi connectivity index (χ1n) is 7.76. The van der Waals surface area contributed by atoms with E-state index in [-0.39, 0.29) is 13.0 Å². The van der Waals surface area contributed by atoms with E-state index in [1.165, 1.54) is 31.3 Å². The van der Waals surface area contributed by atoms with Gasteiger partial charge in [-0.25, -0.2) is 0 Å². The van der Waals surface area contributed by atoms with Gasteiger partial charge in [-0.05, 0) is 67.4 Å². The number of hydrogen-bond donors (Lipinski definition) is 0. The third kappa shape index (κ3) is 3.33. The van der Waals surface area contributed by atoms with Crippen LogP contribution in [0.5, 0.6) is 5.75 Å². The molecule has 2 atom stereocenters. The number of ether oxygens (including phenoxy) is 2. The largest absolute Gasteiger partial charge is 0.497 e. The zero-order valence-electron chi connectivity index (χ0n) is 12.8. The molecule has 2 aliphatic rings. The van der Waals surface area contributed by atoms with Crippen molar-refractivity contribution in [2.75, 3.05) is 14.2 Å². The topological polar surface area (TPSA) is 18.5 Å². The second-order valence-corrected chi connectivity index (χ2v) is 6.73. The Hall–Kier alpha value is -0.990. The van der Waals surface area contributed by atoms with E-state index in [2.05, 4.69) is 6.08 Å². The summed E-state index contributed by atoms with van der Waals surface area (Å²) in [7, 11) is 3.53. The highest BCUT2D eigenvalue weighted by molar-refractivity contribution is 6.30. The SMILES string of the molecule is C.COc1cc(Cl)cc(C=C2CCC3CCCC2(OC)C3)c1. The van der Waals surface area contributed by atoms with Crippen LogP contribution >= 0.6 is 11.6 Å². The molecule has 0 N–H and O–H groups in total. The van der Waals surface area contributed by atoms with Gasteiger partial charge in [0.2, 0.25) is 0 Å². The normalized spacial score (nSPS) is 29.0. The Bertz CT molecular complexity index is 552. The molecule has 0 aromatic heterocycles. The number of fused-ring (bicyclic) bond motifs is 2. The molecule has 0 saturated heterocycles. The van der Waals surface area contributed by atoms with Gasteiger partial charge in [0.05, 0.1) is 12.7 Å².